The molecule has 4 aliphatic rings. The molecule has 9 nitrogen and oxygen atoms in total. The number of amides is 1. The minimum absolute atomic E-state index is 0.0154. The van der Waals surface area contributed by atoms with Crippen molar-refractivity contribution in [3.8, 4) is 5.75 Å². The van der Waals surface area contributed by atoms with Crippen LogP contribution in [0.1, 0.15) is 74.4 Å². The molecule has 0 heterocycles. The van der Waals surface area contributed by atoms with Gasteiger partial charge in [0.05, 0.1) is 5.56 Å². The van der Waals surface area contributed by atoms with Gasteiger partial charge in [0.25, 0.3) is 5.91 Å². The molecule has 10 heteroatoms. The lowest BCUT2D eigenvalue weighted by Crippen LogP contribution is -2.60. The van der Waals surface area contributed by atoms with E-state index in [9.17, 15) is 34.8 Å². The molecule has 222 valence electrons. The Labute approximate surface area is 238 Å². The second-order valence-electron chi connectivity index (χ2n) is 13.6. The average molecular weight is 571 g/mol. The van der Waals surface area contributed by atoms with Crippen molar-refractivity contribution in [1.29, 1.82) is 0 Å². The molecule has 0 aromatic heterocycles. The van der Waals surface area contributed by atoms with Gasteiger partial charge < -0.3 is 31.1 Å². The lowest BCUT2D eigenvalue weighted by Gasteiger charge is -2.50. The molecule has 0 saturated heterocycles. The Balaban J connectivity index is 1.61. The number of allylic oxidation sites excluding steroid dienone is 2. The number of carbonyl (C=O) groups is 3. The molecule has 1 saturated carbocycles. The van der Waals surface area contributed by atoms with Gasteiger partial charge in [-0.3, -0.25) is 14.4 Å². The van der Waals surface area contributed by atoms with Crippen LogP contribution < -0.4 is 5.73 Å². The predicted octanol–water partition coefficient (Wildman–Crippen LogP) is 3.61. The monoisotopic (exact) mass is 570 g/mol. The number of aliphatic hydroxyl groups is 3. The van der Waals surface area contributed by atoms with Gasteiger partial charge in [-0.1, -0.05) is 33.6 Å². The number of Topliss-reactive ketones (excluding diaryl/α,β-unsaturated/α-hetero) is 2. The third-order valence-corrected chi connectivity index (χ3v) is 9.35. The highest BCUT2D eigenvalue weighted by Gasteiger charge is 2.63. The molecular formula is C31H39FN2O7. The predicted molar refractivity (Wildman–Crippen MR) is 147 cm³/mol. The maximum absolute atomic E-state index is 16.0. The van der Waals surface area contributed by atoms with Crippen LogP contribution in [0.15, 0.2) is 28.7 Å². The zero-order valence-corrected chi connectivity index (χ0v) is 24.0. The summed E-state index contributed by atoms with van der Waals surface area (Å²) in [6.45, 7) is 7.03. The number of ketones is 2. The Morgan fingerprint density at radius 2 is 1.80 bits per heavy atom. The van der Waals surface area contributed by atoms with Gasteiger partial charge in [-0.05, 0) is 56.0 Å². The summed E-state index contributed by atoms with van der Waals surface area (Å²) in [5.74, 6) is -8.69. The molecule has 1 aromatic rings. The molecular weight excluding hydrogens is 531 g/mol. The highest BCUT2D eigenvalue weighted by Crippen LogP contribution is 2.56. The molecule has 0 aliphatic heterocycles. The van der Waals surface area contributed by atoms with E-state index in [1.54, 1.807) is 0 Å². The fraction of sp³-hybridized carbons (Fsp3) is 0.581. The van der Waals surface area contributed by atoms with E-state index in [2.05, 4.69) is 20.8 Å². The third-order valence-electron chi connectivity index (χ3n) is 9.35. The van der Waals surface area contributed by atoms with E-state index in [0.29, 0.717) is 19.4 Å². The number of fused-ring (bicyclic) bond motifs is 3. The summed E-state index contributed by atoms with van der Waals surface area (Å²) >= 11 is 0. The second kappa shape index (κ2) is 9.94. The van der Waals surface area contributed by atoms with Crippen LogP contribution in [-0.2, 0) is 22.6 Å². The van der Waals surface area contributed by atoms with E-state index >= 15 is 4.39 Å². The number of aromatic hydroxyl groups is 1. The first-order chi connectivity index (χ1) is 19.1. The molecule has 1 aromatic carbocycles. The van der Waals surface area contributed by atoms with Crippen molar-refractivity contribution < 1.29 is 39.2 Å². The highest BCUT2D eigenvalue weighted by atomic mass is 19.1. The number of hydrogen-bond donors (Lipinski definition) is 5. The van der Waals surface area contributed by atoms with Gasteiger partial charge in [-0.15, -0.1) is 0 Å². The second-order valence-corrected chi connectivity index (χ2v) is 13.6. The summed E-state index contributed by atoms with van der Waals surface area (Å²) in [6.07, 6.45) is 3.01. The van der Waals surface area contributed by atoms with Crippen LogP contribution >= 0.6 is 0 Å². The van der Waals surface area contributed by atoms with Crippen LogP contribution in [0.3, 0.4) is 0 Å². The van der Waals surface area contributed by atoms with Crippen LogP contribution in [0, 0.1) is 34.9 Å². The van der Waals surface area contributed by atoms with Crippen molar-refractivity contribution in [2.45, 2.75) is 71.4 Å². The number of phenols is 1. The number of halogens is 1. The normalized spacial score (nSPS) is 28.7. The lowest BCUT2D eigenvalue weighted by molar-refractivity contribution is -0.149. The highest BCUT2D eigenvalue weighted by molar-refractivity contribution is 6.24. The number of rotatable bonds is 5. The fourth-order valence-electron chi connectivity index (χ4n) is 7.96. The quantitative estimate of drug-likeness (QED) is 0.336. The van der Waals surface area contributed by atoms with E-state index in [1.165, 1.54) is 6.07 Å². The summed E-state index contributed by atoms with van der Waals surface area (Å²) in [5, 5.41) is 45.4. The molecule has 41 heavy (non-hydrogen) atoms. The Morgan fingerprint density at radius 1 is 1.17 bits per heavy atom. The molecule has 0 spiro atoms. The van der Waals surface area contributed by atoms with Gasteiger partial charge in [0.15, 0.2) is 11.4 Å². The molecule has 1 amide bonds. The zero-order valence-electron chi connectivity index (χ0n) is 24.0. The maximum atomic E-state index is 16.0. The number of benzene rings is 1. The molecule has 1 fully saturated rings. The van der Waals surface area contributed by atoms with Gasteiger partial charge in [0.1, 0.15) is 28.7 Å². The van der Waals surface area contributed by atoms with Crippen molar-refractivity contribution in [2.24, 2.45) is 34.8 Å². The van der Waals surface area contributed by atoms with E-state index in [0.717, 1.165) is 12.8 Å². The standard InChI is InChI=1S/C31H39FN2O7/c1-30(2,3)13-34(4)12-16-11-19(35)22-17(24(16)32)9-15-10-18-20(14-7-5-6-8-14)25(36)23(29(33)40)28(39)31(18,41)27(38)21(15)26(22)37/h11,14-15,18,20,35-36,38,41H,5-10,12-13H2,1-4H3,(H2,33,40)/t15-,18-,20-,31-/m0/s1. The number of nitrogens with zero attached hydrogens (tertiary/aromatic N) is 1. The number of primary amides is 1. The molecule has 0 radical (unpaired) electrons. The average Bonchev–Trinajstić information content (AvgIpc) is 3.37. The van der Waals surface area contributed by atoms with Crippen LogP contribution in [0.4, 0.5) is 4.39 Å². The topological polar surface area (TPSA) is 161 Å². The number of phenolic OH excluding ortho intramolecular Hbond substituents is 1. The van der Waals surface area contributed by atoms with Gasteiger partial charge in [0, 0.05) is 41.6 Å². The van der Waals surface area contributed by atoms with Gasteiger partial charge in [-0.25, -0.2) is 4.39 Å². The van der Waals surface area contributed by atoms with Crippen molar-refractivity contribution in [3.05, 3.63) is 51.2 Å². The number of carbonyl (C=O) groups excluding carboxylic acids is 3. The maximum Gasteiger partial charge on any atom is 0.255 e. The van der Waals surface area contributed by atoms with E-state index in [1.807, 2.05) is 11.9 Å². The van der Waals surface area contributed by atoms with Crippen LogP contribution in [0.25, 0.3) is 0 Å². The van der Waals surface area contributed by atoms with Crippen molar-refractivity contribution >= 4 is 17.5 Å². The van der Waals surface area contributed by atoms with Crippen molar-refractivity contribution in [1.82, 2.24) is 4.90 Å². The fourth-order valence-corrected chi connectivity index (χ4v) is 7.96. The third kappa shape index (κ3) is 4.55. The van der Waals surface area contributed by atoms with Crippen LogP contribution in [-0.4, -0.2) is 62.0 Å². The summed E-state index contributed by atoms with van der Waals surface area (Å²) in [5.41, 5.74) is 1.63. The van der Waals surface area contributed by atoms with Crippen molar-refractivity contribution in [2.75, 3.05) is 13.6 Å². The van der Waals surface area contributed by atoms with Gasteiger partial charge in [-0.2, -0.15) is 0 Å². The number of aliphatic hydroxyl groups excluding tert-OH is 2. The first-order valence-corrected chi connectivity index (χ1v) is 14.3. The van der Waals surface area contributed by atoms with Crippen molar-refractivity contribution in [3.63, 3.8) is 0 Å². The van der Waals surface area contributed by atoms with E-state index in [-0.39, 0.29) is 53.0 Å². The van der Waals surface area contributed by atoms with E-state index in [4.69, 9.17) is 5.73 Å². The number of nitrogens with two attached hydrogens (primary N) is 1. The first-order valence-electron chi connectivity index (χ1n) is 14.3. The first kappa shape index (κ1) is 29.3. The number of hydrogen-bond acceptors (Lipinski definition) is 8. The largest absolute Gasteiger partial charge is 0.511 e. The Hall–Kier alpha value is -3.24. The molecule has 0 bridgehead atoms. The van der Waals surface area contributed by atoms with Gasteiger partial charge in [0.2, 0.25) is 5.78 Å². The lowest BCUT2D eigenvalue weighted by atomic mass is 9.55. The summed E-state index contributed by atoms with van der Waals surface area (Å²) in [7, 11) is 1.84. The van der Waals surface area contributed by atoms with E-state index < -0.39 is 69.5 Å². The summed E-state index contributed by atoms with van der Waals surface area (Å²) in [6, 6.07) is 1.21. The van der Waals surface area contributed by atoms with Crippen LogP contribution in [0.5, 0.6) is 5.75 Å². The molecule has 4 aliphatic carbocycles. The summed E-state index contributed by atoms with van der Waals surface area (Å²) < 4.78 is 16.0. The minimum Gasteiger partial charge on any atom is -0.511 e. The SMILES string of the molecule is CN(Cc1cc(O)c2c(c1F)C[C@H]1C[C@H]3[C@H](C4CCCC4)C(O)=C(C(N)=O)C(=O)[C@@]3(O)C(O)=C1C2=O)CC(C)(C)C. The Bertz CT molecular complexity index is 1400. The van der Waals surface area contributed by atoms with Gasteiger partial charge >= 0.3 is 0 Å². The molecule has 0 unspecified atom stereocenters. The molecule has 5 rings (SSSR count). The smallest absolute Gasteiger partial charge is 0.255 e. The Morgan fingerprint density at radius 3 is 2.39 bits per heavy atom. The Kier molecular flexibility index (Phi) is 7.10. The zero-order chi connectivity index (χ0) is 30.2. The minimum atomic E-state index is -2.66. The summed E-state index contributed by atoms with van der Waals surface area (Å²) in [4.78, 5) is 41.5. The molecule has 4 atom stereocenters. The molecule has 6 N–H and O–H groups in total. The van der Waals surface area contributed by atoms with Crippen LogP contribution in [0.2, 0.25) is 0 Å².